The van der Waals surface area contributed by atoms with Gasteiger partial charge in [0.2, 0.25) is 0 Å². The molecule has 30 heavy (non-hydrogen) atoms. The van der Waals surface area contributed by atoms with Crippen LogP contribution in [0.15, 0.2) is 29.3 Å². The van der Waals surface area contributed by atoms with Crippen LogP contribution < -0.4 is 10.6 Å². The number of likely N-dealkylation sites (tertiary alicyclic amines) is 1. The lowest BCUT2D eigenvalue weighted by molar-refractivity contribution is -0.146. The van der Waals surface area contributed by atoms with Crippen molar-refractivity contribution in [2.24, 2.45) is 16.8 Å². The Morgan fingerprint density at radius 3 is 2.30 bits per heavy atom. The standard InChI is InChI=1S/C19H25F3N4O3.HI/c1-12-10-26(11-15(12)17(28)29-3)18(23-2)25-9-8-24-16(27)13-4-6-14(7-5-13)19(20,21)22;/h4-7,12,15H,8-11H2,1-3H3,(H,23,25)(H,24,27);1H. The summed E-state index contributed by atoms with van der Waals surface area (Å²) in [6.45, 7) is 3.73. The summed E-state index contributed by atoms with van der Waals surface area (Å²) in [6.07, 6.45) is -4.44. The number of amides is 1. The molecule has 1 aromatic rings. The van der Waals surface area contributed by atoms with Crippen molar-refractivity contribution in [2.75, 3.05) is 40.3 Å². The van der Waals surface area contributed by atoms with Gasteiger partial charge in [-0.15, -0.1) is 24.0 Å². The van der Waals surface area contributed by atoms with Gasteiger partial charge in [0.05, 0.1) is 18.6 Å². The maximum Gasteiger partial charge on any atom is 0.416 e. The minimum absolute atomic E-state index is 0. The number of hydrogen-bond acceptors (Lipinski definition) is 4. The Balaban J connectivity index is 0.00000450. The zero-order valence-corrected chi connectivity index (χ0v) is 19.3. The molecular weight excluding hydrogens is 516 g/mol. The van der Waals surface area contributed by atoms with Crippen molar-refractivity contribution in [3.05, 3.63) is 35.4 Å². The summed E-state index contributed by atoms with van der Waals surface area (Å²) < 4.78 is 42.5. The second-order valence-corrected chi connectivity index (χ2v) is 6.82. The fourth-order valence-electron chi connectivity index (χ4n) is 3.19. The molecule has 0 aliphatic carbocycles. The zero-order valence-electron chi connectivity index (χ0n) is 17.0. The van der Waals surface area contributed by atoms with E-state index in [1.54, 1.807) is 7.05 Å². The Bertz CT molecular complexity index is 756. The number of guanidine groups is 1. The number of ether oxygens (including phenoxy) is 1. The summed E-state index contributed by atoms with van der Waals surface area (Å²) in [5, 5.41) is 5.75. The van der Waals surface area contributed by atoms with Crippen LogP contribution in [0.25, 0.3) is 0 Å². The van der Waals surface area contributed by atoms with E-state index in [1.807, 2.05) is 11.8 Å². The highest BCUT2D eigenvalue weighted by molar-refractivity contribution is 14.0. The van der Waals surface area contributed by atoms with Crippen molar-refractivity contribution in [1.29, 1.82) is 0 Å². The van der Waals surface area contributed by atoms with Gasteiger partial charge < -0.3 is 20.3 Å². The zero-order chi connectivity index (χ0) is 21.6. The van der Waals surface area contributed by atoms with E-state index in [0.717, 1.165) is 24.3 Å². The maximum absolute atomic E-state index is 12.6. The number of halogens is 4. The molecule has 1 aliphatic rings. The molecule has 1 aromatic carbocycles. The number of aliphatic imine (C=N–C) groups is 1. The topological polar surface area (TPSA) is 83.0 Å². The summed E-state index contributed by atoms with van der Waals surface area (Å²) in [5.74, 6) is -0.208. The highest BCUT2D eigenvalue weighted by Crippen LogP contribution is 2.29. The first kappa shape index (κ1) is 26.0. The lowest BCUT2D eigenvalue weighted by Gasteiger charge is -2.21. The van der Waals surface area contributed by atoms with Crippen LogP contribution in [0.4, 0.5) is 13.2 Å². The first-order chi connectivity index (χ1) is 13.7. The molecule has 2 unspecified atom stereocenters. The lowest BCUT2D eigenvalue weighted by Crippen LogP contribution is -2.43. The van der Waals surface area contributed by atoms with Crippen molar-refractivity contribution < 1.29 is 27.5 Å². The van der Waals surface area contributed by atoms with Gasteiger partial charge in [-0.1, -0.05) is 6.92 Å². The van der Waals surface area contributed by atoms with Crippen LogP contribution in [0, 0.1) is 11.8 Å². The van der Waals surface area contributed by atoms with Gasteiger partial charge >= 0.3 is 12.1 Å². The fraction of sp³-hybridized carbons (Fsp3) is 0.526. The number of hydrogen-bond donors (Lipinski definition) is 2. The van der Waals surface area contributed by atoms with E-state index in [9.17, 15) is 22.8 Å². The Morgan fingerprint density at radius 2 is 1.77 bits per heavy atom. The first-order valence-corrected chi connectivity index (χ1v) is 9.16. The summed E-state index contributed by atoms with van der Waals surface area (Å²) in [6, 6.07) is 4.04. The van der Waals surface area contributed by atoms with E-state index in [4.69, 9.17) is 4.74 Å². The van der Waals surface area contributed by atoms with Crippen LogP contribution in [0.1, 0.15) is 22.8 Å². The second kappa shape index (κ2) is 11.4. The smallest absolute Gasteiger partial charge is 0.416 e. The third-order valence-electron chi connectivity index (χ3n) is 4.80. The number of alkyl halides is 3. The third-order valence-corrected chi connectivity index (χ3v) is 4.80. The SMILES string of the molecule is CN=C(NCCNC(=O)c1ccc(C(F)(F)F)cc1)N1CC(C)C(C(=O)OC)C1.I. The molecule has 11 heteroatoms. The third kappa shape index (κ3) is 6.74. The molecule has 2 N–H and O–H groups in total. The number of carbonyl (C=O) groups excluding carboxylic acids is 2. The Labute approximate surface area is 190 Å². The van der Waals surface area contributed by atoms with Gasteiger partial charge in [-0.25, -0.2) is 0 Å². The van der Waals surface area contributed by atoms with Crippen LogP contribution in [-0.2, 0) is 15.7 Å². The van der Waals surface area contributed by atoms with E-state index in [0.29, 0.717) is 25.6 Å². The molecule has 2 rings (SSSR count). The van der Waals surface area contributed by atoms with Gasteiger partial charge in [0.1, 0.15) is 0 Å². The number of rotatable bonds is 5. The van der Waals surface area contributed by atoms with Gasteiger partial charge in [-0.3, -0.25) is 14.6 Å². The first-order valence-electron chi connectivity index (χ1n) is 9.16. The monoisotopic (exact) mass is 542 g/mol. The molecule has 1 heterocycles. The summed E-state index contributed by atoms with van der Waals surface area (Å²) >= 11 is 0. The molecule has 168 valence electrons. The summed E-state index contributed by atoms with van der Waals surface area (Å²) in [5.41, 5.74) is -0.652. The van der Waals surface area contributed by atoms with E-state index in [1.165, 1.54) is 7.11 Å². The average molecular weight is 542 g/mol. The quantitative estimate of drug-likeness (QED) is 0.196. The molecule has 0 radical (unpaired) electrons. The van der Waals surface area contributed by atoms with E-state index >= 15 is 0 Å². The molecule has 1 saturated heterocycles. The van der Waals surface area contributed by atoms with Crippen molar-refractivity contribution in [3.8, 4) is 0 Å². The molecular formula is C19H26F3IN4O3. The van der Waals surface area contributed by atoms with Gasteiger partial charge in [0.25, 0.3) is 5.91 Å². The predicted octanol–water partition coefficient (Wildman–Crippen LogP) is 2.37. The van der Waals surface area contributed by atoms with Crippen LogP contribution >= 0.6 is 24.0 Å². The second-order valence-electron chi connectivity index (χ2n) is 6.82. The van der Waals surface area contributed by atoms with Crippen molar-refractivity contribution >= 4 is 41.8 Å². The van der Waals surface area contributed by atoms with Crippen LogP contribution in [-0.4, -0.2) is 63.1 Å². The van der Waals surface area contributed by atoms with E-state index in [2.05, 4.69) is 15.6 Å². The number of carbonyl (C=O) groups is 2. The van der Waals surface area contributed by atoms with Gasteiger partial charge in [0.15, 0.2) is 5.96 Å². The highest BCUT2D eigenvalue weighted by Gasteiger charge is 2.36. The predicted molar refractivity (Wildman–Crippen MR) is 117 cm³/mol. The summed E-state index contributed by atoms with van der Waals surface area (Å²) in [4.78, 5) is 30.0. The molecule has 1 amide bonds. The maximum atomic E-state index is 12.6. The van der Waals surface area contributed by atoms with Gasteiger partial charge in [-0.05, 0) is 30.2 Å². The molecule has 1 fully saturated rings. The molecule has 0 saturated carbocycles. The number of nitrogens with one attached hydrogen (secondary N) is 2. The van der Waals surface area contributed by atoms with E-state index < -0.39 is 17.6 Å². The number of esters is 1. The van der Waals surface area contributed by atoms with Crippen LogP contribution in [0.3, 0.4) is 0 Å². The lowest BCUT2D eigenvalue weighted by atomic mass is 9.99. The Morgan fingerprint density at radius 1 is 1.17 bits per heavy atom. The van der Waals surface area contributed by atoms with Crippen LogP contribution in [0.2, 0.25) is 0 Å². The number of methoxy groups -OCH3 is 1. The van der Waals surface area contributed by atoms with Crippen molar-refractivity contribution in [2.45, 2.75) is 13.1 Å². The van der Waals surface area contributed by atoms with Crippen molar-refractivity contribution in [3.63, 3.8) is 0 Å². The molecule has 0 bridgehead atoms. The van der Waals surface area contributed by atoms with Crippen molar-refractivity contribution in [1.82, 2.24) is 15.5 Å². The van der Waals surface area contributed by atoms with Gasteiger partial charge in [-0.2, -0.15) is 13.2 Å². The number of nitrogens with zero attached hydrogens (tertiary/aromatic N) is 2. The minimum Gasteiger partial charge on any atom is -0.469 e. The molecule has 0 spiro atoms. The largest absolute Gasteiger partial charge is 0.469 e. The molecule has 0 aromatic heterocycles. The van der Waals surface area contributed by atoms with Gasteiger partial charge in [0, 0.05) is 38.8 Å². The normalized spacial score (nSPS) is 19.1. The molecule has 2 atom stereocenters. The Kier molecular flexibility index (Phi) is 9.85. The number of benzene rings is 1. The van der Waals surface area contributed by atoms with Crippen LogP contribution in [0.5, 0.6) is 0 Å². The fourth-order valence-corrected chi connectivity index (χ4v) is 3.19. The summed E-state index contributed by atoms with van der Waals surface area (Å²) in [7, 11) is 2.99. The minimum atomic E-state index is -4.44. The molecule has 7 nitrogen and oxygen atoms in total. The average Bonchev–Trinajstić information content (AvgIpc) is 3.08. The highest BCUT2D eigenvalue weighted by atomic mass is 127. The van der Waals surface area contributed by atoms with E-state index in [-0.39, 0.29) is 53.9 Å². The molecule has 1 aliphatic heterocycles. The Hall–Kier alpha value is -2.05.